The minimum Gasteiger partial charge on any atom is -0.489 e. The molecule has 0 bridgehead atoms. The van der Waals surface area contributed by atoms with E-state index in [9.17, 15) is 9.59 Å². The molecule has 1 atom stereocenters. The Hall–Kier alpha value is -3.03. The molecule has 0 radical (unpaired) electrons. The van der Waals surface area contributed by atoms with Crippen molar-refractivity contribution in [1.29, 1.82) is 0 Å². The van der Waals surface area contributed by atoms with Crippen molar-refractivity contribution in [1.82, 2.24) is 10.8 Å². The number of ether oxygens (including phenoxy) is 1. The van der Waals surface area contributed by atoms with Crippen LogP contribution in [0.2, 0.25) is 5.02 Å². The van der Waals surface area contributed by atoms with Crippen molar-refractivity contribution in [2.75, 3.05) is 6.54 Å². The van der Waals surface area contributed by atoms with Gasteiger partial charge in [0, 0.05) is 16.0 Å². The first-order chi connectivity index (χ1) is 13.0. The van der Waals surface area contributed by atoms with E-state index in [0.717, 1.165) is 5.39 Å². The van der Waals surface area contributed by atoms with Crippen LogP contribution >= 0.6 is 11.6 Å². The Morgan fingerprint density at radius 2 is 1.89 bits per heavy atom. The first-order valence-electron chi connectivity index (χ1n) is 8.14. The number of hydrogen-bond acceptors (Lipinski definition) is 5. The number of hydroxylamine groups is 1. The Balaban J connectivity index is 1.55. The molecule has 3 rings (SSSR count). The van der Waals surface area contributed by atoms with Gasteiger partial charge in [-0.25, -0.2) is 5.48 Å². The normalized spacial score (nSPS) is 11.8. The van der Waals surface area contributed by atoms with Crippen LogP contribution < -0.4 is 15.5 Å². The lowest BCUT2D eigenvalue weighted by molar-refractivity contribution is 0.0706. The molecule has 0 spiro atoms. The highest BCUT2D eigenvalue weighted by Gasteiger charge is 2.14. The SMILES string of the molecule is C[C@H](CNC(=O)c1cc2cc(Cl)ccc2o1)Oc1ccc(C(=O)NO)cc1. The third-order valence-electron chi connectivity index (χ3n) is 3.81. The second kappa shape index (κ2) is 8.11. The lowest BCUT2D eigenvalue weighted by Gasteiger charge is -2.15. The van der Waals surface area contributed by atoms with Crippen LogP contribution in [0.1, 0.15) is 27.8 Å². The zero-order valence-corrected chi connectivity index (χ0v) is 15.1. The fourth-order valence-corrected chi connectivity index (χ4v) is 2.65. The number of furan rings is 1. The average Bonchev–Trinajstić information content (AvgIpc) is 3.09. The minimum absolute atomic E-state index is 0.193. The van der Waals surface area contributed by atoms with Crippen LogP contribution in [0.25, 0.3) is 11.0 Å². The smallest absolute Gasteiger partial charge is 0.287 e. The second-order valence-electron chi connectivity index (χ2n) is 5.90. The molecule has 7 nitrogen and oxygen atoms in total. The molecule has 0 fully saturated rings. The molecule has 0 aliphatic heterocycles. The van der Waals surface area contributed by atoms with Crippen molar-refractivity contribution in [2.45, 2.75) is 13.0 Å². The number of benzene rings is 2. The molecule has 1 aromatic heterocycles. The maximum Gasteiger partial charge on any atom is 0.287 e. The van der Waals surface area contributed by atoms with E-state index in [2.05, 4.69) is 5.32 Å². The number of nitrogens with one attached hydrogen (secondary N) is 2. The topological polar surface area (TPSA) is 101 Å². The fourth-order valence-electron chi connectivity index (χ4n) is 2.47. The molecule has 1 heterocycles. The van der Waals surface area contributed by atoms with Gasteiger partial charge in [0.15, 0.2) is 5.76 Å². The lowest BCUT2D eigenvalue weighted by atomic mass is 10.2. The molecule has 140 valence electrons. The fraction of sp³-hybridized carbons (Fsp3) is 0.158. The van der Waals surface area contributed by atoms with Crippen molar-refractivity contribution >= 4 is 34.4 Å². The van der Waals surface area contributed by atoms with Gasteiger partial charge in [0.2, 0.25) is 0 Å². The Labute approximate surface area is 159 Å². The van der Waals surface area contributed by atoms with Gasteiger partial charge < -0.3 is 14.5 Å². The summed E-state index contributed by atoms with van der Waals surface area (Å²) in [5, 5.41) is 12.7. The zero-order valence-electron chi connectivity index (χ0n) is 14.4. The van der Waals surface area contributed by atoms with E-state index in [1.54, 1.807) is 48.8 Å². The van der Waals surface area contributed by atoms with Gasteiger partial charge >= 0.3 is 0 Å². The molecule has 8 heteroatoms. The molecular formula is C19H17ClN2O5. The highest BCUT2D eigenvalue weighted by Crippen LogP contribution is 2.23. The standard InChI is InChI=1S/C19H17ClN2O5/c1-11(26-15-5-2-12(3-6-15)18(23)22-25)10-21-19(24)17-9-13-8-14(20)4-7-16(13)27-17/h2-9,11,25H,10H2,1H3,(H,21,24)(H,22,23)/t11-/m1/s1. The molecular weight excluding hydrogens is 372 g/mol. The lowest BCUT2D eigenvalue weighted by Crippen LogP contribution is -2.33. The number of rotatable bonds is 6. The highest BCUT2D eigenvalue weighted by molar-refractivity contribution is 6.31. The van der Waals surface area contributed by atoms with Gasteiger partial charge in [-0.15, -0.1) is 0 Å². The first-order valence-corrected chi connectivity index (χ1v) is 8.52. The van der Waals surface area contributed by atoms with Gasteiger partial charge in [-0.1, -0.05) is 11.6 Å². The minimum atomic E-state index is -0.603. The summed E-state index contributed by atoms with van der Waals surface area (Å²) in [6, 6.07) is 13.0. The van der Waals surface area contributed by atoms with Crippen LogP contribution in [-0.2, 0) is 0 Å². The van der Waals surface area contributed by atoms with Crippen molar-refractivity contribution in [2.24, 2.45) is 0 Å². The maximum absolute atomic E-state index is 12.2. The summed E-state index contributed by atoms with van der Waals surface area (Å²) in [5.41, 5.74) is 2.44. The number of carbonyl (C=O) groups excluding carboxylic acids is 2. The molecule has 0 saturated heterocycles. The van der Waals surface area contributed by atoms with Gasteiger partial charge in [-0.3, -0.25) is 14.8 Å². The molecule has 2 aromatic carbocycles. The molecule has 0 unspecified atom stereocenters. The number of halogens is 1. The van der Waals surface area contributed by atoms with Gasteiger partial charge in [0.25, 0.3) is 11.8 Å². The molecule has 0 aliphatic rings. The average molecular weight is 389 g/mol. The van der Waals surface area contributed by atoms with E-state index in [1.807, 2.05) is 0 Å². The molecule has 3 N–H and O–H groups in total. The van der Waals surface area contributed by atoms with Crippen molar-refractivity contribution in [3.8, 4) is 5.75 Å². The largest absolute Gasteiger partial charge is 0.489 e. The monoisotopic (exact) mass is 388 g/mol. The zero-order chi connectivity index (χ0) is 19.4. The maximum atomic E-state index is 12.2. The van der Waals surface area contributed by atoms with Crippen LogP contribution in [-0.4, -0.2) is 29.7 Å². The summed E-state index contributed by atoms with van der Waals surface area (Å²) in [6.07, 6.45) is -0.315. The Morgan fingerprint density at radius 3 is 2.59 bits per heavy atom. The Morgan fingerprint density at radius 1 is 1.15 bits per heavy atom. The van der Waals surface area contributed by atoms with E-state index in [1.165, 1.54) is 12.1 Å². The number of fused-ring (bicyclic) bond motifs is 1. The predicted molar refractivity (Wildman–Crippen MR) is 99.3 cm³/mol. The van der Waals surface area contributed by atoms with Crippen LogP contribution in [0, 0.1) is 0 Å². The Kier molecular flexibility index (Phi) is 5.63. The van der Waals surface area contributed by atoms with Gasteiger partial charge in [-0.05, 0) is 55.5 Å². The summed E-state index contributed by atoms with van der Waals surface area (Å²) < 4.78 is 11.2. The van der Waals surface area contributed by atoms with Crippen molar-refractivity contribution in [3.63, 3.8) is 0 Å². The predicted octanol–water partition coefficient (Wildman–Crippen LogP) is 3.40. The van der Waals surface area contributed by atoms with Crippen LogP contribution in [0.5, 0.6) is 5.75 Å². The van der Waals surface area contributed by atoms with Crippen LogP contribution in [0.3, 0.4) is 0 Å². The number of hydrogen-bond donors (Lipinski definition) is 3. The van der Waals surface area contributed by atoms with Gasteiger partial charge in [0.1, 0.15) is 17.4 Å². The number of carbonyl (C=O) groups is 2. The third kappa shape index (κ3) is 4.58. The molecule has 2 amide bonds. The summed E-state index contributed by atoms with van der Waals surface area (Å²) in [7, 11) is 0. The summed E-state index contributed by atoms with van der Waals surface area (Å²) >= 11 is 5.93. The van der Waals surface area contributed by atoms with Crippen LogP contribution in [0.15, 0.2) is 52.9 Å². The van der Waals surface area contributed by atoms with E-state index < -0.39 is 5.91 Å². The third-order valence-corrected chi connectivity index (χ3v) is 4.04. The van der Waals surface area contributed by atoms with E-state index in [4.69, 9.17) is 26.0 Å². The number of amides is 2. The summed E-state index contributed by atoms with van der Waals surface area (Å²) in [6.45, 7) is 2.06. The molecule has 0 saturated carbocycles. The molecule has 0 aliphatic carbocycles. The van der Waals surface area contributed by atoms with Crippen molar-refractivity contribution < 1.29 is 24.0 Å². The van der Waals surface area contributed by atoms with E-state index in [0.29, 0.717) is 21.9 Å². The molecule has 3 aromatic rings. The van der Waals surface area contributed by atoms with E-state index >= 15 is 0 Å². The van der Waals surface area contributed by atoms with E-state index in [-0.39, 0.29) is 24.3 Å². The second-order valence-corrected chi connectivity index (χ2v) is 6.33. The molecule has 27 heavy (non-hydrogen) atoms. The highest BCUT2D eigenvalue weighted by atomic mass is 35.5. The first kappa shape index (κ1) is 18.8. The summed E-state index contributed by atoms with van der Waals surface area (Å²) in [4.78, 5) is 23.5. The van der Waals surface area contributed by atoms with Crippen LogP contribution in [0.4, 0.5) is 0 Å². The summed E-state index contributed by atoms with van der Waals surface area (Å²) in [5.74, 6) is -0.231. The van der Waals surface area contributed by atoms with Crippen molar-refractivity contribution in [3.05, 3.63) is 64.9 Å². The Bertz CT molecular complexity index is 968. The van der Waals surface area contributed by atoms with Gasteiger partial charge in [-0.2, -0.15) is 0 Å². The quantitative estimate of drug-likeness (QED) is 0.444. The van der Waals surface area contributed by atoms with Gasteiger partial charge in [0.05, 0.1) is 6.54 Å².